The van der Waals surface area contributed by atoms with Gasteiger partial charge in [0.1, 0.15) is 16.4 Å². The van der Waals surface area contributed by atoms with Crippen LogP contribution in [-0.4, -0.2) is 79.7 Å². The van der Waals surface area contributed by atoms with Crippen LogP contribution >= 0.6 is 0 Å². The van der Waals surface area contributed by atoms with Gasteiger partial charge in [-0.3, -0.25) is 13.9 Å². The molecule has 3 aromatic rings. The molecule has 1 fully saturated rings. The zero-order valence-electron chi connectivity index (χ0n) is 32.7. The van der Waals surface area contributed by atoms with Gasteiger partial charge in [0.05, 0.1) is 31.6 Å². The van der Waals surface area contributed by atoms with Gasteiger partial charge in [-0.15, -0.1) is 0 Å². The summed E-state index contributed by atoms with van der Waals surface area (Å²) >= 11 is 0. The number of carbonyl (C=O) groups is 3. The maximum atomic E-state index is 14.4. The number of carbonyl (C=O) groups excluding carboxylic acids is 3. The van der Waals surface area contributed by atoms with Crippen LogP contribution in [0.15, 0.2) is 76.6 Å². The molecule has 290 valence electrons. The highest BCUT2D eigenvalue weighted by atomic mass is 32.2. The molecule has 2 aliphatic rings. The highest BCUT2D eigenvalue weighted by Gasteiger charge is 2.55. The summed E-state index contributed by atoms with van der Waals surface area (Å²) in [7, 11) is -2.84. The number of ether oxygens (including phenoxy) is 3. The number of hydrogen-bond donors (Lipinski definition) is 1. The van der Waals surface area contributed by atoms with Crippen LogP contribution in [0.1, 0.15) is 85.8 Å². The number of hydrogen-bond acceptors (Lipinski definition) is 10. The molecule has 13 heteroatoms. The van der Waals surface area contributed by atoms with Crippen molar-refractivity contribution in [3.8, 4) is 11.5 Å². The van der Waals surface area contributed by atoms with Crippen LogP contribution in [0.4, 0.5) is 16.2 Å². The maximum Gasteiger partial charge on any atom is 0.418 e. The van der Waals surface area contributed by atoms with E-state index in [-0.39, 0.29) is 46.8 Å². The molecule has 0 aromatic heterocycles. The lowest BCUT2D eigenvalue weighted by molar-refractivity contribution is -0.137. The molecule has 3 aromatic carbocycles. The average molecular weight is 761 g/mol. The second-order valence-electron chi connectivity index (χ2n) is 15.4. The van der Waals surface area contributed by atoms with Crippen LogP contribution in [0.25, 0.3) is 0 Å². The summed E-state index contributed by atoms with van der Waals surface area (Å²) in [5.74, 6) is -0.614. The number of nitrogens with zero attached hydrogens (tertiary/aromatic N) is 3. The predicted molar refractivity (Wildman–Crippen MR) is 208 cm³/mol. The van der Waals surface area contributed by atoms with Crippen molar-refractivity contribution in [2.24, 2.45) is 4.99 Å². The molecule has 5 rings (SSSR count). The van der Waals surface area contributed by atoms with E-state index in [0.29, 0.717) is 22.1 Å². The van der Waals surface area contributed by atoms with Crippen molar-refractivity contribution in [2.75, 3.05) is 32.1 Å². The number of imide groups is 1. The molecule has 0 bridgehead atoms. The maximum absolute atomic E-state index is 14.4. The summed E-state index contributed by atoms with van der Waals surface area (Å²) in [5, 5.41) is 3.01. The number of fused-ring (bicyclic) bond motifs is 1. The summed E-state index contributed by atoms with van der Waals surface area (Å²) in [6.07, 6.45) is 0.956. The summed E-state index contributed by atoms with van der Waals surface area (Å²) in [6.45, 7) is 15.5. The fourth-order valence-corrected chi connectivity index (χ4v) is 8.01. The van der Waals surface area contributed by atoms with E-state index >= 15 is 0 Å². The number of aliphatic imine (C=N–C) groups is 1. The number of rotatable bonds is 16. The third-order valence-corrected chi connectivity index (χ3v) is 12.4. The Bertz CT molecular complexity index is 2060. The van der Waals surface area contributed by atoms with Crippen molar-refractivity contribution in [1.82, 2.24) is 9.21 Å². The van der Waals surface area contributed by atoms with Gasteiger partial charge >= 0.3 is 6.09 Å². The van der Waals surface area contributed by atoms with Gasteiger partial charge in [-0.2, -0.15) is 0 Å². The summed E-state index contributed by atoms with van der Waals surface area (Å²) in [5.41, 5.74) is 1.02. The Morgan fingerprint density at radius 2 is 1.61 bits per heavy atom. The Kier molecular flexibility index (Phi) is 11.5. The number of methoxy groups -OCH3 is 1. The number of amidine groups is 1. The Morgan fingerprint density at radius 3 is 2.26 bits per heavy atom. The first-order valence-corrected chi connectivity index (χ1v) is 19.8. The summed E-state index contributed by atoms with van der Waals surface area (Å²) in [6, 6.07) is 17.6. The molecule has 0 aliphatic carbocycles. The fourth-order valence-electron chi connectivity index (χ4n) is 6.39. The van der Waals surface area contributed by atoms with Gasteiger partial charge in [-0.25, -0.2) is 23.1 Å². The summed E-state index contributed by atoms with van der Waals surface area (Å²) < 4.78 is 47.0. The van der Waals surface area contributed by atoms with Gasteiger partial charge in [0, 0.05) is 18.5 Å². The Morgan fingerprint density at radius 1 is 0.944 bits per heavy atom. The fraction of sp³-hybridized carbons (Fsp3) is 0.463. The van der Waals surface area contributed by atoms with Crippen LogP contribution in [-0.2, 0) is 35.2 Å². The number of para-hydroxylation sites is 3. The van der Waals surface area contributed by atoms with Gasteiger partial charge in [-0.05, 0) is 73.4 Å². The van der Waals surface area contributed by atoms with Gasteiger partial charge in [-0.1, -0.05) is 77.9 Å². The first-order valence-electron chi connectivity index (χ1n) is 18.3. The minimum Gasteiger partial charge on any atom is -0.495 e. The third kappa shape index (κ3) is 7.82. The van der Waals surface area contributed by atoms with Gasteiger partial charge < -0.3 is 19.5 Å². The zero-order valence-corrected chi connectivity index (χ0v) is 33.5. The number of ketones is 1. The van der Waals surface area contributed by atoms with E-state index in [0.717, 1.165) is 22.7 Å². The molecule has 1 saturated heterocycles. The van der Waals surface area contributed by atoms with Gasteiger partial charge in [0.25, 0.3) is 15.9 Å². The van der Waals surface area contributed by atoms with Crippen molar-refractivity contribution in [3.05, 3.63) is 77.9 Å². The quantitative estimate of drug-likeness (QED) is 0.148. The average Bonchev–Trinajstić information content (AvgIpc) is 3.34. The monoisotopic (exact) mass is 760 g/mol. The molecule has 54 heavy (non-hydrogen) atoms. The van der Waals surface area contributed by atoms with E-state index in [4.69, 9.17) is 14.2 Å². The summed E-state index contributed by atoms with van der Waals surface area (Å²) in [4.78, 5) is 46.7. The lowest BCUT2D eigenvalue weighted by Crippen LogP contribution is -2.58. The lowest BCUT2D eigenvalue weighted by Gasteiger charge is -2.35. The molecule has 2 heterocycles. The van der Waals surface area contributed by atoms with E-state index in [9.17, 15) is 22.8 Å². The number of Topliss-reactive ketones (excluding diaryl/α,β-unsaturated/α-hetero) is 1. The van der Waals surface area contributed by atoms with Crippen molar-refractivity contribution >= 4 is 45.0 Å². The highest BCUT2D eigenvalue weighted by molar-refractivity contribution is 7.90. The molecular formula is C41H52N4O8S. The second-order valence-corrected chi connectivity index (χ2v) is 17.2. The van der Waals surface area contributed by atoms with Crippen LogP contribution in [0.3, 0.4) is 0 Å². The van der Waals surface area contributed by atoms with Crippen LogP contribution < -0.4 is 14.8 Å². The number of cyclic esters (lactones) is 1. The molecule has 1 unspecified atom stereocenters. The topological polar surface area (TPSA) is 144 Å². The second kappa shape index (κ2) is 15.4. The smallest absolute Gasteiger partial charge is 0.418 e. The molecular weight excluding hydrogens is 709 g/mol. The van der Waals surface area contributed by atoms with Crippen LogP contribution in [0, 0.1) is 0 Å². The predicted octanol–water partition coefficient (Wildman–Crippen LogP) is 7.38. The van der Waals surface area contributed by atoms with Crippen molar-refractivity contribution < 1.29 is 37.0 Å². The van der Waals surface area contributed by atoms with Gasteiger partial charge in [0.2, 0.25) is 0 Å². The SMILES string of the molecule is CCC(C)(C)c1ccc(OCCCN2C(C(C(=O)CNc3ccccc3OC)N3C(=O)OC(C)(C)C3=O)=Nc3ccccc3S2(=O)=O)c(C(C)(C)CC)c1. The molecule has 1 atom stereocenters. The number of benzene rings is 3. The Balaban J connectivity index is 1.50. The lowest BCUT2D eigenvalue weighted by atomic mass is 9.76. The zero-order chi connectivity index (χ0) is 39.6. The highest BCUT2D eigenvalue weighted by Crippen LogP contribution is 2.39. The number of anilines is 1. The first kappa shape index (κ1) is 40.3. The molecule has 12 nitrogen and oxygen atoms in total. The molecule has 2 amide bonds. The van der Waals surface area contributed by atoms with Crippen LogP contribution in [0.5, 0.6) is 11.5 Å². The van der Waals surface area contributed by atoms with E-state index < -0.39 is 46.0 Å². The number of sulfonamides is 1. The van der Waals surface area contributed by atoms with Crippen LogP contribution in [0.2, 0.25) is 0 Å². The largest absolute Gasteiger partial charge is 0.495 e. The first-order chi connectivity index (χ1) is 25.4. The standard InChI is InChI=1S/C41H52N4O8S/c1-10-39(3,4)27-21-22-32(28(25-27)40(5,6)11-2)52-24-16-23-44-36(43-30-18-13-15-20-34(30)54(44,49)50)35(45-37(47)41(7,8)53-38(45)48)31(46)26-42-29-17-12-14-19-33(29)51-9/h12-15,17-22,25,35,42H,10-11,16,23-24,26H2,1-9H3. The van der Waals surface area contributed by atoms with Crippen molar-refractivity contribution in [3.63, 3.8) is 0 Å². The minimum atomic E-state index is -4.32. The Labute approximate surface area is 318 Å². The molecule has 0 spiro atoms. The third-order valence-electron chi connectivity index (χ3n) is 10.6. The van der Waals surface area contributed by atoms with E-state index in [2.05, 4.69) is 64.0 Å². The normalized spacial score (nSPS) is 17.0. The number of amides is 2. The van der Waals surface area contributed by atoms with E-state index in [1.165, 1.54) is 38.7 Å². The van der Waals surface area contributed by atoms with E-state index in [1.54, 1.807) is 36.4 Å². The van der Waals surface area contributed by atoms with Gasteiger partial charge in [0.15, 0.2) is 23.3 Å². The minimum absolute atomic E-state index is 0.0270. The van der Waals surface area contributed by atoms with Crippen molar-refractivity contribution in [1.29, 1.82) is 0 Å². The molecule has 2 aliphatic heterocycles. The molecule has 0 radical (unpaired) electrons. The van der Waals surface area contributed by atoms with E-state index in [1.807, 2.05) is 6.07 Å². The molecule has 0 saturated carbocycles. The van der Waals surface area contributed by atoms with Crippen molar-refractivity contribution in [2.45, 2.75) is 102 Å². The Hall–Kier alpha value is -4.91. The molecule has 1 N–H and O–H groups in total. The number of nitrogens with one attached hydrogen (secondary N) is 1.